The van der Waals surface area contributed by atoms with E-state index in [-0.39, 0.29) is 0 Å². The zero-order valence-electron chi connectivity index (χ0n) is 10.1. The molecule has 0 spiro atoms. The maximum atomic E-state index is 11.2. The second-order valence-corrected chi connectivity index (χ2v) is 3.43. The number of carbonyl (C=O) groups excluding carboxylic acids is 4. The summed E-state index contributed by atoms with van der Waals surface area (Å²) in [6.07, 6.45) is 0. The van der Waals surface area contributed by atoms with Gasteiger partial charge in [0.25, 0.3) is 0 Å². The molecule has 106 valence electrons. The summed E-state index contributed by atoms with van der Waals surface area (Å²) in [6, 6.07) is 5.66. The molecule has 10 heteroatoms. The second kappa shape index (κ2) is 6.82. The Morgan fingerprint density at radius 1 is 0.650 bits per heavy atom. The molecule has 10 nitrogen and oxygen atoms in total. The van der Waals surface area contributed by atoms with Gasteiger partial charge in [-0.2, -0.15) is 0 Å². The van der Waals surface area contributed by atoms with Gasteiger partial charge >= 0.3 is 23.6 Å². The first-order valence-electron chi connectivity index (χ1n) is 5.22. The first-order valence-corrected chi connectivity index (χ1v) is 5.22. The van der Waals surface area contributed by atoms with Gasteiger partial charge in [-0.3, -0.25) is 30.0 Å². The summed E-state index contributed by atoms with van der Waals surface area (Å²) >= 11 is 0. The Kier molecular flexibility index (Phi) is 5.14. The summed E-state index contributed by atoms with van der Waals surface area (Å²) in [7, 11) is 0. The fraction of sp³-hybridized carbons (Fsp3) is 0. The number of nitrogens with one attached hydrogen (secondary N) is 4. The molecule has 0 bridgehead atoms. The van der Waals surface area contributed by atoms with Gasteiger partial charge in [0.2, 0.25) is 0 Å². The van der Waals surface area contributed by atoms with Crippen LogP contribution in [0.1, 0.15) is 0 Å². The highest BCUT2D eigenvalue weighted by Crippen LogP contribution is 2.13. The lowest BCUT2D eigenvalue weighted by Gasteiger charge is -2.06. The highest BCUT2D eigenvalue weighted by molar-refractivity contribution is 6.40. The van der Waals surface area contributed by atoms with Crippen LogP contribution in [0.5, 0.6) is 0 Å². The Morgan fingerprint density at radius 2 is 0.950 bits per heavy atom. The van der Waals surface area contributed by atoms with Gasteiger partial charge in [0.1, 0.15) is 0 Å². The average Bonchev–Trinajstić information content (AvgIpc) is 2.47. The Balaban J connectivity index is 2.65. The molecular weight excluding hydrogens is 268 g/mol. The number of rotatable bonds is 2. The zero-order valence-corrected chi connectivity index (χ0v) is 10.1. The number of nitrogens with two attached hydrogens (primary N) is 2. The van der Waals surface area contributed by atoms with Crippen LogP contribution in [-0.2, 0) is 19.2 Å². The van der Waals surface area contributed by atoms with E-state index in [1.807, 2.05) is 0 Å². The lowest BCUT2D eigenvalue weighted by molar-refractivity contribution is -0.136. The lowest BCUT2D eigenvalue weighted by Crippen LogP contribution is -2.39. The third-order valence-corrected chi connectivity index (χ3v) is 2.08. The van der Waals surface area contributed by atoms with Crippen molar-refractivity contribution in [2.24, 2.45) is 11.7 Å². The highest BCUT2D eigenvalue weighted by atomic mass is 16.2. The molecule has 0 aliphatic heterocycles. The van der Waals surface area contributed by atoms with Crippen LogP contribution in [0.25, 0.3) is 0 Å². The van der Waals surface area contributed by atoms with E-state index in [0.717, 1.165) is 0 Å². The molecule has 0 aliphatic carbocycles. The lowest BCUT2D eigenvalue weighted by atomic mass is 10.2. The number of carbonyl (C=O) groups is 4. The average molecular weight is 280 g/mol. The molecule has 0 atom stereocenters. The molecule has 0 saturated heterocycles. The van der Waals surface area contributed by atoms with Crippen LogP contribution < -0.4 is 33.2 Å². The molecule has 0 unspecified atom stereocenters. The molecule has 1 aromatic rings. The Labute approximate surface area is 112 Å². The molecule has 0 saturated carbocycles. The van der Waals surface area contributed by atoms with Gasteiger partial charge in [-0.1, -0.05) is 0 Å². The van der Waals surface area contributed by atoms with Gasteiger partial charge in [0, 0.05) is 11.4 Å². The van der Waals surface area contributed by atoms with Gasteiger partial charge in [-0.25, -0.2) is 11.7 Å². The van der Waals surface area contributed by atoms with Crippen LogP contribution in [0.15, 0.2) is 24.3 Å². The van der Waals surface area contributed by atoms with Crippen LogP contribution in [0.2, 0.25) is 0 Å². The zero-order chi connectivity index (χ0) is 15.1. The summed E-state index contributed by atoms with van der Waals surface area (Å²) in [6.45, 7) is 0. The number of hydrogen-bond acceptors (Lipinski definition) is 6. The van der Waals surface area contributed by atoms with Gasteiger partial charge < -0.3 is 10.6 Å². The van der Waals surface area contributed by atoms with Gasteiger partial charge in [0.05, 0.1) is 0 Å². The fourth-order valence-corrected chi connectivity index (χ4v) is 1.14. The SMILES string of the molecule is NNC(=O)C(=O)Nc1ccc(NC(=O)C(=O)NN)cc1. The Morgan fingerprint density at radius 3 is 1.20 bits per heavy atom. The predicted molar refractivity (Wildman–Crippen MR) is 68.4 cm³/mol. The van der Waals surface area contributed by atoms with Gasteiger partial charge in [-0.05, 0) is 24.3 Å². The maximum Gasteiger partial charge on any atom is 0.323 e. The number of anilines is 2. The van der Waals surface area contributed by atoms with Crippen molar-refractivity contribution in [1.29, 1.82) is 0 Å². The van der Waals surface area contributed by atoms with Crippen molar-refractivity contribution in [3.05, 3.63) is 24.3 Å². The summed E-state index contributed by atoms with van der Waals surface area (Å²) in [5.41, 5.74) is 3.97. The van der Waals surface area contributed by atoms with Crippen molar-refractivity contribution >= 4 is 35.0 Å². The van der Waals surface area contributed by atoms with Crippen molar-refractivity contribution in [1.82, 2.24) is 10.9 Å². The first-order chi connectivity index (χ1) is 9.47. The topological polar surface area (TPSA) is 168 Å². The van der Waals surface area contributed by atoms with E-state index >= 15 is 0 Å². The van der Waals surface area contributed by atoms with Crippen LogP contribution >= 0.6 is 0 Å². The van der Waals surface area contributed by atoms with Crippen molar-refractivity contribution in [3.8, 4) is 0 Å². The minimum Gasteiger partial charge on any atom is -0.318 e. The van der Waals surface area contributed by atoms with Crippen LogP contribution in [0.4, 0.5) is 11.4 Å². The molecule has 0 radical (unpaired) electrons. The van der Waals surface area contributed by atoms with Gasteiger partial charge in [-0.15, -0.1) is 0 Å². The summed E-state index contributed by atoms with van der Waals surface area (Å²) in [5.74, 6) is 5.71. The monoisotopic (exact) mass is 280 g/mol. The van der Waals surface area contributed by atoms with Crippen molar-refractivity contribution < 1.29 is 19.2 Å². The van der Waals surface area contributed by atoms with Crippen LogP contribution in [0.3, 0.4) is 0 Å². The first kappa shape index (κ1) is 15.1. The minimum atomic E-state index is -0.998. The number of amides is 4. The van der Waals surface area contributed by atoms with E-state index in [4.69, 9.17) is 11.7 Å². The quantitative estimate of drug-likeness (QED) is 0.152. The van der Waals surface area contributed by atoms with E-state index in [0.29, 0.717) is 11.4 Å². The van der Waals surface area contributed by atoms with Crippen molar-refractivity contribution in [2.75, 3.05) is 10.6 Å². The largest absolute Gasteiger partial charge is 0.323 e. The highest BCUT2D eigenvalue weighted by Gasteiger charge is 2.13. The molecule has 0 aromatic heterocycles. The van der Waals surface area contributed by atoms with E-state index in [1.165, 1.54) is 24.3 Å². The number of hydrazine groups is 2. The van der Waals surface area contributed by atoms with E-state index < -0.39 is 23.6 Å². The van der Waals surface area contributed by atoms with E-state index in [9.17, 15) is 19.2 Å². The third-order valence-electron chi connectivity index (χ3n) is 2.08. The minimum absolute atomic E-state index is 0.305. The molecule has 0 aliphatic rings. The van der Waals surface area contributed by atoms with Crippen molar-refractivity contribution in [2.45, 2.75) is 0 Å². The third kappa shape index (κ3) is 4.04. The number of hydrogen-bond donors (Lipinski definition) is 6. The molecule has 1 rings (SSSR count). The normalized spacial score (nSPS) is 9.30. The van der Waals surface area contributed by atoms with Crippen molar-refractivity contribution in [3.63, 3.8) is 0 Å². The van der Waals surface area contributed by atoms with E-state index in [2.05, 4.69) is 10.6 Å². The summed E-state index contributed by atoms with van der Waals surface area (Å²) in [4.78, 5) is 44.1. The Bertz CT molecular complexity index is 492. The molecule has 4 amide bonds. The molecule has 0 fully saturated rings. The standard InChI is InChI=1S/C10H12N6O4/c11-15-9(19)7(17)13-5-1-2-6(4-3-5)14-8(18)10(20)16-12/h1-4H,11-12H2,(H,13,17)(H,14,18)(H,15,19)(H,16,20). The Hall–Kier alpha value is -2.98. The number of benzene rings is 1. The molecular formula is C10H12N6O4. The molecule has 0 heterocycles. The smallest absolute Gasteiger partial charge is 0.318 e. The summed E-state index contributed by atoms with van der Waals surface area (Å²) in [5, 5.41) is 4.53. The van der Waals surface area contributed by atoms with Crippen LogP contribution in [0, 0.1) is 0 Å². The fourth-order valence-electron chi connectivity index (χ4n) is 1.14. The predicted octanol–water partition coefficient (Wildman–Crippen LogP) is -2.46. The molecule has 20 heavy (non-hydrogen) atoms. The van der Waals surface area contributed by atoms with Crippen LogP contribution in [-0.4, -0.2) is 23.6 Å². The molecule has 1 aromatic carbocycles. The van der Waals surface area contributed by atoms with Gasteiger partial charge in [0.15, 0.2) is 0 Å². The summed E-state index contributed by atoms with van der Waals surface area (Å²) < 4.78 is 0. The second-order valence-electron chi connectivity index (χ2n) is 3.43. The maximum absolute atomic E-state index is 11.2. The van der Waals surface area contributed by atoms with E-state index in [1.54, 1.807) is 10.9 Å². The molecule has 8 N–H and O–H groups in total.